The van der Waals surface area contributed by atoms with Crippen LogP contribution in [0, 0.1) is 17.8 Å². The maximum atomic E-state index is 5.91. The van der Waals surface area contributed by atoms with Crippen molar-refractivity contribution in [3.8, 4) is 12.3 Å². The van der Waals surface area contributed by atoms with Gasteiger partial charge in [-0.3, -0.25) is 0 Å². The minimum absolute atomic E-state index is 0.333. The van der Waals surface area contributed by atoms with E-state index in [4.69, 9.17) is 30.1 Å². The molecular weight excluding hydrogens is 322 g/mol. The van der Waals surface area contributed by atoms with Gasteiger partial charge in [0.1, 0.15) is 6.61 Å². The Balaban J connectivity index is 1.27. The van der Waals surface area contributed by atoms with Crippen LogP contribution in [-0.2, 0) is 23.7 Å². The molecule has 6 heteroatoms. The van der Waals surface area contributed by atoms with Gasteiger partial charge in [-0.05, 0) is 31.1 Å². The molecule has 1 heterocycles. The van der Waals surface area contributed by atoms with Crippen LogP contribution in [0.25, 0.3) is 0 Å². The molecule has 0 aromatic heterocycles. The Hall–Kier alpha value is -0.680. The SMILES string of the molecule is C#CCOCCOCCOCCOCCOC1CCC2(CC1)CNC2. The Labute approximate surface area is 151 Å². The van der Waals surface area contributed by atoms with Crippen LogP contribution < -0.4 is 5.32 Å². The Bertz CT molecular complexity index is 371. The van der Waals surface area contributed by atoms with Crippen LogP contribution in [0.5, 0.6) is 0 Å². The molecule has 2 aliphatic rings. The standard InChI is InChI=1S/C19H33NO5/c1-2-7-21-8-9-22-10-11-23-12-13-24-14-15-25-18-3-5-19(6-4-18)16-20-17-19/h1,18,20H,3-17H2. The van der Waals surface area contributed by atoms with E-state index < -0.39 is 0 Å². The molecule has 25 heavy (non-hydrogen) atoms. The second-order valence-electron chi connectivity index (χ2n) is 6.77. The topological polar surface area (TPSA) is 58.2 Å². The number of ether oxygens (including phenoxy) is 5. The van der Waals surface area contributed by atoms with E-state index in [9.17, 15) is 0 Å². The van der Waals surface area contributed by atoms with Crippen molar-refractivity contribution in [1.82, 2.24) is 5.32 Å². The normalized spacial score (nSPS) is 19.6. The highest BCUT2D eigenvalue weighted by Gasteiger charge is 2.40. The maximum absolute atomic E-state index is 5.91. The van der Waals surface area contributed by atoms with E-state index in [0.29, 0.717) is 71.0 Å². The molecule has 2 fully saturated rings. The lowest BCUT2D eigenvalue weighted by Crippen LogP contribution is -2.55. The third-order valence-electron chi connectivity index (χ3n) is 4.88. The number of hydrogen-bond acceptors (Lipinski definition) is 6. The van der Waals surface area contributed by atoms with Gasteiger partial charge in [0.15, 0.2) is 0 Å². The van der Waals surface area contributed by atoms with Gasteiger partial charge in [0.2, 0.25) is 0 Å². The lowest BCUT2D eigenvalue weighted by atomic mass is 9.69. The first-order valence-electron chi connectivity index (χ1n) is 9.41. The van der Waals surface area contributed by atoms with Crippen LogP contribution in [0.4, 0.5) is 0 Å². The summed E-state index contributed by atoms with van der Waals surface area (Å²) < 4.78 is 27.3. The van der Waals surface area contributed by atoms with E-state index in [0.717, 1.165) is 0 Å². The number of nitrogens with one attached hydrogen (secondary N) is 1. The second-order valence-corrected chi connectivity index (χ2v) is 6.77. The van der Waals surface area contributed by atoms with Gasteiger partial charge in [-0.2, -0.15) is 0 Å². The summed E-state index contributed by atoms with van der Waals surface area (Å²) in [7, 11) is 0. The molecule has 1 saturated heterocycles. The summed E-state index contributed by atoms with van der Waals surface area (Å²) in [6.45, 7) is 7.40. The monoisotopic (exact) mass is 355 g/mol. The van der Waals surface area contributed by atoms with Gasteiger partial charge in [-0.1, -0.05) is 5.92 Å². The molecule has 0 amide bonds. The van der Waals surface area contributed by atoms with Crippen molar-refractivity contribution < 1.29 is 23.7 Å². The van der Waals surface area contributed by atoms with E-state index in [-0.39, 0.29) is 0 Å². The van der Waals surface area contributed by atoms with Crippen LogP contribution in [0.1, 0.15) is 25.7 Å². The van der Waals surface area contributed by atoms with E-state index in [1.807, 2.05) is 0 Å². The first-order chi connectivity index (χ1) is 12.3. The molecule has 0 radical (unpaired) electrons. The minimum Gasteiger partial charge on any atom is -0.377 e. The Morgan fingerprint density at radius 1 is 0.800 bits per heavy atom. The molecule has 2 rings (SSSR count). The lowest BCUT2D eigenvalue weighted by molar-refractivity contribution is -0.0474. The zero-order valence-corrected chi connectivity index (χ0v) is 15.3. The molecule has 1 spiro atoms. The predicted octanol–water partition coefficient (Wildman–Crippen LogP) is 1.23. The molecular formula is C19H33NO5. The molecule has 0 aromatic rings. The molecule has 0 bridgehead atoms. The summed E-state index contributed by atoms with van der Waals surface area (Å²) in [6.07, 6.45) is 10.5. The third-order valence-corrected chi connectivity index (χ3v) is 4.88. The van der Waals surface area contributed by atoms with E-state index in [1.165, 1.54) is 38.8 Å². The van der Waals surface area contributed by atoms with Crippen molar-refractivity contribution in [3.05, 3.63) is 0 Å². The van der Waals surface area contributed by atoms with Crippen LogP contribution in [-0.4, -0.2) is 78.7 Å². The van der Waals surface area contributed by atoms with Crippen molar-refractivity contribution in [2.24, 2.45) is 5.41 Å². The molecule has 0 unspecified atom stereocenters. The molecule has 1 aliphatic carbocycles. The fraction of sp³-hybridized carbons (Fsp3) is 0.895. The van der Waals surface area contributed by atoms with Crippen molar-refractivity contribution in [1.29, 1.82) is 0 Å². The number of rotatable bonds is 14. The predicted molar refractivity (Wildman–Crippen MR) is 95.6 cm³/mol. The van der Waals surface area contributed by atoms with Gasteiger partial charge in [-0.25, -0.2) is 0 Å². The number of hydrogen-bond donors (Lipinski definition) is 1. The third kappa shape index (κ3) is 8.50. The second kappa shape index (κ2) is 12.6. The molecule has 1 N–H and O–H groups in total. The number of terminal acetylenes is 1. The largest absolute Gasteiger partial charge is 0.377 e. The van der Waals surface area contributed by atoms with Crippen LogP contribution in [0.15, 0.2) is 0 Å². The van der Waals surface area contributed by atoms with Crippen molar-refractivity contribution in [2.45, 2.75) is 31.8 Å². The van der Waals surface area contributed by atoms with Gasteiger partial charge < -0.3 is 29.0 Å². The zero-order valence-electron chi connectivity index (χ0n) is 15.3. The summed E-state index contributed by atoms with van der Waals surface area (Å²) in [5.74, 6) is 2.41. The molecule has 0 atom stereocenters. The maximum Gasteiger partial charge on any atom is 0.107 e. The van der Waals surface area contributed by atoms with Gasteiger partial charge in [0.25, 0.3) is 0 Å². The Kier molecular flexibility index (Phi) is 10.4. The van der Waals surface area contributed by atoms with Crippen molar-refractivity contribution in [3.63, 3.8) is 0 Å². The van der Waals surface area contributed by atoms with Crippen molar-refractivity contribution >= 4 is 0 Å². The first kappa shape index (κ1) is 20.6. The molecule has 1 aliphatic heterocycles. The molecule has 1 saturated carbocycles. The fourth-order valence-electron chi connectivity index (χ4n) is 3.27. The summed E-state index contributed by atoms with van der Waals surface area (Å²) in [6, 6.07) is 0. The quantitative estimate of drug-likeness (QED) is 0.374. The van der Waals surface area contributed by atoms with Gasteiger partial charge in [0.05, 0.1) is 59.0 Å². The highest BCUT2D eigenvalue weighted by Crippen LogP contribution is 2.40. The van der Waals surface area contributed by atoms with E-state index in [1.54, 1.807) is 0 Å². The highest BCUT2D eigenvalue weighted by atomic mass is 16.6. The fourth-order valence-corrected chi connectivity index (χ4v) is 3.27. The van der Waals surface area contributed by atoms with Gasteiger partial charge in [-0.15, -0.1) is 6.42 Å². The average molecular weight is 355 g/mol. The first-order valence-corrected chi connectivity index (χ1v) is 9.41. The van der Waals surface area contributed by atoms with Gasteiger partial charge >= 0.3 is 0 Å². The summed E-state index contributed by atoms with van der Waals surface area (Å²) in [4.78, 5) is 0. The summed E-state index contributed by atoms with van der Waals surface area (Å²) >= 11 is 0. The Morgan fingerprint density at radius 3 is 1.80 bits per heavy atom. The van der Waals surface area contributed by atoms with Crippen LogP contribution in [0.3, 0.4) is 0 Å². The van der Waals surface area contributed by atoms with E-state index in [2.05, 4.69) is 11.2 Å². The van der Waals surface area contributed by atoms with Crippen LogP contribution >= 0.6 is 0 Å². The highest BCUT2D eigenvalue weighted by molar-refractivity contribution is 4.95. The minimum atomic E-state index is 0.333. The summed E-state index contributed by atoms with van der Waals surface area (Å²) in [5, 5.41) is 3.39. The van der Waals surface area contributed by atoms with E-state index >= 15 is 0 Å². The Morgan fingerprint density at radius 2 is 1.32 bits per heavy atom. The van der Waals surface area contributed by atoms with Crippen molar-refractivity contribution in [2.75, 3.05) is 72.6 Å². The molecule has 6 nitrogen and oxygen atoms in total. The van der Waals surface area contributed by atoms with Crippen LogP contribution in [0.2, 0.25) is 0 Å². The zero-order chi connectivity index (χ0) is 17.6. The molecule has 0 aromatic carbocycles. The summed E-state index contributed by atoms with van der Waals surface area (Å²) in [5.41, 5.74) is 0.603. The smallest absolute Gasteiger partial charge is 0.107 e. The average Bonchev–Trinajstić information content (AvgIpc) is 2.61. The lowest BCUT2D eigenvalue weighted by Gasteiger charge is -2.47. The molecule has 144 valence electrons. The van der Waals surface area contributed by atoms with Gasteiger partial charge in [0, 0.05) is 13.1 Å².